The van der Waals surface area contributed by atoms with Crippen LogP contribution in [0, 0.1) is 5.92 Å². The number of aliphatic hydroxyl groups excluding tert-OH is 2. The molecule has 18 heavy (non-hydrogen) atoms. The summed E-state index contributed by atoms with van der Waals surface area (Å²) in [6.45, 7) is 0.631. The molecule has 3 atom stereocenters. The van der Waals surface area contributed by atoms with Gasteiger partial charge in [0.25, 0.3) is 0 Å². The van der Waals surface area contributed by atoms with Crippen LogP contribution in [0.5, 0.6) is 5.75 Å². The summed E-state index contributed by atoms with van der Waals surface area (Å²) in [5.74, 6) is 0.903. The number of aliphatic hydroxyl groups is 2. The molecule has 0 spiro atoms. The fourth-order valence-electron chi connectivity index (χ4n) is 2.34. The zero-order chi connectivity index (χ0) is 13.0. The van der Waals surface area contributed by atoms with Crippen LogP contribution in [-0.4, -0.2) is 34.9 Å². The van der Waals surface area contributed by atoms with Crippen molar-refractivity contribution in [3.8, 4) is 5.75 Å². The first-order valence-electron chi connectivity index (χ1n) is 6.33. The van der Waals surface area contributed by atoms with E-state index in [2.05, 4.69) is 0 Å². The summed E-state index contributed by atoms with van der Waals surface area (Å²) in [5, 5.41) is 18.7. The van der Waals surface area contributed by atoms with E-state index in [9.17, 15) is 5.11 Å². The second kappa shape index (κ2) is 6.41. The van der Waals surface area contributed by atoms with Crippen LogP contribution < -0.4 is 4.74 Å². The number of alkyl halides is 1. The number of halogens is 1. The van der Waals surface area contributed by atoms with E-state index in [4.69, 9.17) is 21.4 Å². The largest absolute Gasteiger partial charge is 0.493 e. The fraction of sp³-hybridized carbons (Fsp3) is 0.571. The van der Waals surface area contributed by atoms with Gasteiger partial charge in [0.05, 0.1) is 12.7 Å². The van der Waals surface area contributed by atoms with Crippen LogP contribution in [0.1, 0.15) is 18.4 Å². The number of ether oxygens (including phenoxy) is 1. The predicted octanol–water partition coefficient (Wildman–Crippen LogP) is 1.98. The third-order valence-corrected chi connectivity index (χ3v) is 3.72. The minimum absolute atomic E-state index is 0.0642. The Balaban J connectivity index is 1.88. The molecule has 3 nitrogen and oxygen atoms in total. The van der Waals surface area contributed by atoms with Gasteiger partial charge in [0.15, 0.2) is 0 Å². The van der Waals surface area contributed by atoms with Crippen molar-refractivity contribution >= 4 is 11.6 Å². The topological polar surface area (TPSA) is 49.7 Å². The average Bonchev–Trinajstić information content (AvgIpc) is 2.66. The smallest absolute Gasteiger partial charge is 0.119 e. The quantitative estimate of drug-likeness (QED) is 0.805. The molecule has 4 heteroatoms. The van der Waals surface area contributed by atoms with E-state index < -0.39 is 0 Å². The van der Waals surface area contributed by atoms with Crippen LogP contribution in [0.2, 0.25) is 0 Å². The van der Waals surface area contributed by atoms with Crippen LogP contribution >= 0.6 is 11.6 Å². The third-order valence-electron chi connectivity index (χ3n) is 3.36. The molecule has 1 aliphatic rings. The highest BCUT2D eigenvalue weighted by atomic mass is 35.5. The highest BCUT2D eigenvalue weighted by molar-refractivity contribution is 6.20. The molecule has 0 aromatic heterocycles. The molecule has 0 unspecified atom stereocenters. The monoisotopic (exact) mass is 270 g/mol. The van der Waals surface area contributed by atoms with Crippen molar-refractivity contribution in [1.82, 2.24) is 0 Å². The van der Waals surface area contributed by atoms with Gasteiger partial charge in [-0.05, 0) is 37.0 Å². The van der Waals surface area contributed by atoms with Gasteiger partial charge in [0, 0.05) is 17.9 Å². The van der Waals surface area contributed by atoms with Crippen LogP contribution in [-0.2, 0) is 6.42 Å². The van der Waals surface area contributed by atoms with E-state index >= 15 is 0 Å². The molecule has 0 heterocycles. The lowest BCUT2D eigenvalue weighted by atomic mass is 10.1. The third kappa shape index (κ3) is 3.61. The molecule has 2 rings (SSSR count). The predicted molar refractivity (Wildman–Crippen MR) is 71.1 cm³/mol. The van der Waals surface area contributed by atoms with E-state index in [0.29, 0.717) is 19.4 Å². The average molecular weight is 271 g/mol. The highest BCUT2D eigenvalue weighted by Crippen LogP contribution is 2.30. The van der Waals surface area contributed by atoms with Crippen molar-refractivity contribution in [3.63, 3.8) is 0 Å². The van der Waals surface area contributed by atoms with E-state index in [1.165, 1.54) is 0 Å². The van der Waals surface area contributed by atoms with Gasteiger partial charge in [0.1, 0.15) is 5.75 Å². The molecule has 1 aliphatic carbocycles. The maximum atomic E-state index is 9.78. The fourth-order valence-corrected chi connectivity index (χ4v) is 2.75. The van der Waals surface area contributed by atoms with Crippen molar-refractivity contribution in [2.45, 2.75) is 30.7 Å². The second-order valence-corrected chi connectivity index (χ2v) is 5.45. The number of hydrogen-bond acceptors (Lipinski definition) is 3. The van der Waals surface area contributed by atoms with Crippen molar-refractivity contribution in [1.29, 1.82) is 0 Å². The van der Waals surface area contributed by atoms with Gasteiger partial charge in [-0.1, -0.05) is 12.1 Å². The molecule has 0 aliphatic heterocycles. The van der Waals surface area contributed by atoms with Gasteiger partial charge >= 0.3 is 0 Å². The Morgan fingerprint density at radius 3 is 2.83 bits per heavy atom. The summed E-state index contributed by atoms with van der Waals surface area (Å²) in [6.07, 6.45) is 1.74. The lowest BCUT2D eigenvalue weighted by Crippen LogP contribution is -2.20. The minimum atomic E-state index is -0.354. The Bertz CT molecular complexity index is 383. The summed E-state index contributed by atoms with van der Waals surface area (Å²) in [5.41, 5.74) is 1.05. The Morgan fingerprint density at radius 2 is 2.17 bits per heavy atom. The molecule has 1 aromatic carbocycles. The van der Waals surface area contributed by atoms with Crippen LogP contribution in [0.4, 0.5) is 0 Å². The number of rotatable bonds is 5. The number of benzene rings is 1. The van der Waals surface area contributed by atoms with Crippen molar-refractivity contribution in [2.24, 2.45) is 5.92 Å². The molecule has 0 saturated heterocycles. The standard InChI is InChI=1S/C14H19ClO3/c15-12-7-11(14(17)8-12)9-18-13-3-1-2-10(6-13)4-5-16/h1-3,6,11-12,14,16-17H,4-5,7-9H2/t11-,12-,14+/m0/s1. The van der Waals surface area contributed by atoms with E-state index in [1.54, 1.807) is 0 Å². The maximum Gasteiger partial charge on any atom is 0.119 e. The van der Waals surface area contributed by atoms with Gasteiger partial charge in [-0.2, -0.15) is 0 Å². The van der Waals surface area contributed by atoms with Crippen molar-refractivity contribution < 1.29 is 14.9 Å². The Labute approximate surface area is 112 Å². The van der Waals surface area contributed by atoms with Gasteiger partial charge < -0.3 is 14.9 Å². The van der Waals surface area contributed by atoms with E-state index in [1.807, 2.05) is 24.3 Å². The van der Waals surface area contributed by atoms with Crippen molar-refractivity contribution in [2.75, 3.05) is 13.2 Å². The molecule has 1 saturated carbocycles. The Morgan fingerprint density at radius 1 is 1.33 bits per heavy atom. The minimum Gasteiger partial charge on any atom is -0.493 e. The maximum absolute atomic E-state index is 9.78. The van der Waals surface area contributed by atoms with Crippen LogP contribution in [0.25, 0.3) is 0 Å². The van der Waals surface area contributed by atoms with Crippen LogP contribution in [0.15, 0.2) is 24.3 Å². The zero-order valence-corrected chi connectivity index (χ0v) is 11.0. The lowest BCUT2D eigenvalue weighted by Gasteiger charge is -2.15. The molecular weight excluding hydrogens is 252 g/mol. The Kier molecular flexibility index (Phi) is 4.87. The highest BCUT2D eigenvalue weighted by Gasteiger charge is 2.32. The lowest BCUT2D eigenvalue weighted by molar-refractivity contribution is 0.0986. The van der Waals surface area contributed by atoms with Crippen molar-refractivity contribution in [3.05, 3.63) is 29.8 Å². The number of hydrogen-bond donors (Lipinski definition) is 2. The molecule has 2 N–H and O–H groups in total. The van der Waals surface area contributed by atoms with Gasteiger partial charge in [-0.15, -0.1) is 11.6 Å². The van der Waals surface area contributed by atoms with E-state index in [-0.39, 0.29) is 24.0 Å². The molecule has 1 aromatic rings. The normalized spacial score (nSPS) is 27.4. The molecule has 1 fully saturated rings. The summed E-state index contributed by atoms with van der Waals surface area (Å²) in [7, 11) is 0. The summed E-state index contributed by atoms with van der Waals surface area (Å²) >= 11 is 6.01. The Hall–Kier alpha value is -0.770. The molecule has 100 valence electrons. The molecular formula is C14H19ClO3. The summed E-state index contributed by atoms with van der Waals surface area (Å²) in [6, 6.07) is 7.69. The molecule has 0 amide bonds. The summed E-state index contributed by atoms with van der Waals surface area (Å²) in [4.78, 5) is 0. The first kappa shape index (κ1) is 13.7. The van der Waals surface area contributed by atoms with Gasteiger partial charge in [-0.3, -0.25) is 0 Å². The van der Waals surface area contributed by atoms with Crippen LogP contribution in [0.3, 0.4) is 0 Å². The first-order valence-corrected chi connectivity index (χ1v) is 6.77. The second-order valence-electron chi connectivity index (χ2n) is 4.83. The first-order chi connectivity index (χ1) is 8.69. The zero-order valence-electron chi connectivity index (χ0n) is 10.3. The SMILES string of the molecule is OCCc1cccc(OC[C@@H]2C[C@H](Cl)C[C@H]2O)c1. The summed E-state index contributed by atoms with van der Waals surface area (Å²) < 4.78 is 5.70. The van der Waals surface area contributed by atoms with Gasteiger partial charge in [0.2, 0.25) is 0 Å². The molecule has 0 bridgehead atoms. The van der Waals surface area contributed by atoms with Gasteiger partial charge in [-0.25, -0.2) is 0 Å². The molecule has 0 radical (unpaired) electrons. The van der Waals surface area contributed by atoms with E-state index in [0.717, 1.165) is 17.7 Å².